The number of nitrogens with one attached hydrogen (secondary N) is 2. The van der Waals surface area contributed by atoms with Gasteiger partial charge in [0, 0.05) is 25.7 Å². The van der Waals surface area contributed by atoms with Crippen molar-refractivity contribution in [3.63, 3.8) is 0 Å². The first-order chi connectivity index (χ1) is 19.6. The van der Waals surface area contributed by atoms with Crippen molar-refractivity contribution >= 4 is 28.1 Å². The number of hydrogen-bond donors (Lipinski definition) is 3. The van der Waals surface area contributed by atoms with Gasteiger partial charge in [0.15, 0.2) is 5.13 Å². The molecule has 0 amide bonds. The van der Waals surface area contributed by atoms with Gasteiger partial charge in [-0.1, -0.05) is 23.5 Å². The zero-order chi connectivity index (χ0) is 27.3. The average molecular weight is 564 g/mol. The van der Waals surface area contributed by atoms with Crippen molar-refractivity contribution in [1.82, 2.24) is 35.1 Å². The van der Waals surface area contributed by atoms with Crippen LogP contribution in [0.3, 0.4) is 0 Å². The Hall–Kier alpha value is -3.65. The van der Waals surface area contributed by atoms with Gasteiger partial charge < -0.3 is 25.2 Å². The van der Waals surface area contributed by atoms with E-state index in [1.165, 1.54) is 16.1 Å². The Kier molecular flexibility index (Phi) is 8.14. The number of methoxy groups -OCH3 is 1. The number of morpholine rings is 1. The number of para-hydroxylation sites is 2. The summed E-state index contributed by atoms with van der Waals surface area (Å²) in [5.74, 6) is 2.69. The Morgan fingerprint density at radius 2 is 1.90 bits per heavy atom. The fraction of sp³-hybridized carbons (Fsp3) is 0.444. The van der Waals surface area contributed by atoms with E-state index < -0.39 is 0 Å². The summed E-state index contributed by atoms with van der Waals surface area (Å²) < 4.78 is 10.9. The van der Waals surface area contributed by atoms with Gasteiger partial charge >= 0.3 is 0 Å². The van der Waals surface area contributed by atoms with Gasteiger partial charge in [-0.15, -0.1) is 15.0 Å². The number of aliphatic hydroxyl groups is 1. The second-order valence-corrected chi connectivity index (χ2v) is 11.0. The molecule has 0 atom stereocenters. The quantitative estimate of drug-likeness (QED) is 0.276. The molecule has 0 unspecified atom stereocenters. The molecule has 1 aromatic carbocycles. The normalized spacial score (nSPS) is 19.9. The van der Waals surface area contributed by atoms with Crippen LogP contribution in [0.5, 0.6) is 5.75 Å². The van der Waals surface area contributed by atoms with E-state index in [4.69, 9.17) is 14.5 Å². The Morgan fingerprint density at radius 1 is 1.10 bits per heavy atom. The van der Waals surface area contributed by atoms with E-state index in [1.54, 1.807) is 13.3 Å². The molecule has 0 spiro atoms. The lowest BCUT2D eigenvalue weighted by Crippen LogP contribution is -2.35. The number of hydrogen-bond acceptors (Lipinski definition) is 12. The molecule has 0 bridgehead atoms. The summed E-state index contributed by atoms with van der Waals surface area (Å²) in [6.45, 7) is 4.14. The van der Waals surface area contributed by atoms with E-state index in [0.29, 0.717) is 28.4 Å². The number of tetrazole rings is 1. The highest BCUT2D eigenvalue weighted by Gasteiger charge is 2.21. The van der Waals surface area contributed by atoms with Gasteiger partial charge in [0.05, 0.1) is 37.5 Å². The maximum Gasteiger partial charge on any atom is 0.216 e. The summed E-state index contributed by atoms with van der Waals surface area (Å²) >= 11 is 1.44. The second kappa shape index (κ2) is 12.3. The highest BCUT2D eigenvalue weighted by molar-refractivity contribution is 7.18. The maximum absolute atomic E-state index is 9.90. The van der Waals surface area contributed by atoms with Crippen LogP contribution in [0.1, 0.15) is 31.2 Å². The van der Waals surface area contributed by atoms with Crippen LogP contribution in [0.2, 0.25) is 0 Å². The third kappa shape index (κ3) is 6.39. The fourth-order valence-electron chi connectivity index (χ4n) is 5.02. The molecule has 40 heavy (non-hydrogen) atoms. The lowest BCUT2D eigenvalue weighted by molar-refractivity contribution is 0.0342. The molecule has 210 valence electrons. The van der Waals surface area contributed by atoms with Crippen molar-refractivity contribution in [2.75, 3.05) is 44.0 Å². The molecule has 2 fully saturated rings. The topological polar surface area (TPSA) is 135 Å². The first-order valence-corrected chi connectivity index (χ1v) is 14.4. The Bertz CT molecular complexity index is 1410. The number of nitrogens with zero attached hydrogens (tertiary/aromatic N) is 7. The highest BCUT2D eigenvalue weighted by Crippen LogP contribution is 2.30. The molecule has 6 rings (SSSR count). The van der Waals surface area contributed by atoms with Gasteiger partial charge in [0.2, 0.25) is 5.82 Å². The third-order valence-corrected chi connectivity index (χ3v) is 8.03. The molecule has 3 aromatic heterocycles. The summed E-state index contributed by atoms with van der Waals surface area (Å²) in [6.07, 6.45) is 5.03. The molecule has 4 heterocycles. The van der Waals surface area contributed by atoms with Crippen LogP contribution in [0.25, 0.3) is 16.4 Å². The first kappa shape index (κ1) is 26.6. The smallest absolute Gasteiger partial charge is 0.216 e. The van der Waals surface area contributed by atoms with Crippen molar-refractivity contribution in [2.45, 2.75) is 44.4 Å². The number of anilines is 3. The van der Waals surface area contributed by atoms with Gasteiger partial charge in [-0.25, -0.2) is 9.97 Å². The number of ether oxygens (including phenoxy) is 2. The molecule has 12 nitrogen and oxygen atoms in total. The van der Waals surface area contributed by atoms with E-state index in [-0.39, 0.29) is 6.10 Å². The number of pyridine rings is 1. The minimum Gasteiger partial charge on any atom is -0.494 e. The Morgan fingerprint density at radius 3 is 2.73 bits per heavy atom. The monoisotopic (exact) mass is 563 g/mol. The minimum atomic E-state index is -0.194. The lowest BCUT2D eigenvalue weighted by Gasteiger charge is -2.28. The standard InChI is InChI=1S/C27H33N9O3S/c1-38-22-5-3-2-4-21(22)36-33-26(32-34-36)23-16-28-27(40-23)31-25-15-18(17-35-10-12-39-13-11-35)14-24(30-25)29-19-6-8-20(37)9-7-19/h2-5,14-16,19-20,37H,6-13,17H2,1H3,(H2,28,29,30,31). The van der Waals surface area contributed by atoms with Crippen molar-refractivity contribution in [2.24, 2.45) is 0 Å². The molecule has 4 aromatic rings. The van der Waals surface area contributed by atoms with Crippen molar-refractivity contribution < 1.29 is 14.6 Å². The van der Waals surface area contributed by atoms with Crippen LogP contribution in [0.4, 0.5) is 16.8 Å². The molecule has 13 heteroatoms. The molecule has 1 saturated heterocycles. The molecule has 1 saturated carbocycles. The van der Waals surface area contributed by atoms with Crippen molar-refractivity contribution in [3.05, 3.63) is 48.2 Å². The van der Waals surface area contributed by atoms with Gasteiger partial charge in [-0.3, -0.25) is 4.90 Å². The first-order valence-electron chi connectivity index (χ1n) is 13.6. The predicted molar refractivity (Wildman–Crippen MR) is 152 cm³/mol. The number of rotatable bonds is 9. The summed E-state index contributed by atoms with van der Waals surface area (Å²) in [7, 11) is 1.61. The molecule has 0 radical (unpaired) electrons. The molecule has 1 aliphatic carbocycles. The zero-order valence-electron chi connectivity index (χ0n) is 22.4. The van der Waals surface area contributed by atoms with E-state index >= 15 is 0 Å². The van der Waals surface area contributed by atoms with E-state index in [0.717, 1.165) is 80.6 Å². The third-order valence-electron chi connectivity index (χ3n) is 7.12. The minimum absolute atomic E-state index is 0.194. The molecule has 1 aliphatic heterocycles. The average Bonchev–Trinajstić information content (AvgIpc) is 3.65. The van der Waals surface area contributed by atoms with E-state index in [9.17, 15) is 5.11 Å². The molecule has 3 N–H and O–H groups in total. The lowest BCUT2D eigenvalue weighted by atomic mass is 9.93. The van der Waals surface area contributed by atoms with Gasteiger partial charge in [0.25, 0.3) is 0 Å². The Labute approximate surface area is 236 Å². The highest BCUT2D eigenvalue weighted by atomic mass is 32.1. The summed E-state index contributed by atoms with van der Waals surface area (Å²) in [6, 6.07) is 12.0. The predicted octanol–water partition coefficient (Wildman–Crippen LogP) is 3.48. The summed E-state index contributed by atoms with van der Waals surface area (Å²) in [5, 5.41) is 30.6. The fourth-order valence-corrected chi connectivity index (χ4v) is 5.77. The van der Waals surface area contributed by atoms with Gasteiger partial charge in [-0.2, -0.15) is 0 Å². The van der Waals surface area contributed by atoms with Gasteiger partial charge in [0.1, 0.15) is 23.1 Å². The maximum atomic E-state index is 9.90. The number of benzene rings is 1. The van der Waals surface area contributed by atoms with E-state index in [2.05, 4.69) is 48.1 Å². The number of aliphatic hydroxyl groups excluding tert-OH is 1. The van der Waals surface area contributed by atoms with Crippen LogP contribution < -0.4 is 15.4 Å². The van der Waals surface area contributed by atoms with Gasteiger partial charge in [-0.05, 0) is 60.7 Å². The second-order valence-electron chi connectivity index (χ2n) is 10.0. The molecular weight excluding hydrogens is 530 g/mol. The molecular formula is C27H33N9O3S. The largest absolute Gasteiger partial charge is 0.494 e. The number of thiazole rings is 1. The van der Waals surface area contributed by atoms with Crippen LogP contribution in [0, 0.1) is 0 Å². The van der Waals surface area contributed by atoms with Crippen molar-refractivity contribution in [1.29, 1.82) is 0 Å². The SMILES string of the molecule is COc1ccccc1-n1nnc(-c2cnc(Nc3cc(CN4CCOCC4)cc(NC4CCC(O)CC4)n3)s2)n1. The van der Waals surface area contributed by atoms with Crippen LogP contribution in [-0.4, -0.2) is 85.7 Å². The Balaban J connectivity index is 1.20. The summed E-state index contributed by atoms with van der Waals surface area (Å²) in [4.78, 5) is 14.0. The number of aromatic nitrogens is 6. The molecule has 2 aliphatic rings. The van der Waals surface area contributed by atoms with Crippen molar-refractivity contribution in [3.8, 4) is 22.1 Å². The van der Waals surface area contributed by atoms with E-state index in [1.807, 2.05) is 24.3 Å². The van der Waals surface area contributed by atoms with Crippen LogP contribution in [-0.2, 0) is 11.3 Å². The van der Waals surface area contributed by atoms with Crippen LogP contribution >= 0.6 is 11.3 Å². The zero-order valence-corrected chi connectivity index (χ0v) is 23.2. The summed E-state index contributed by atoms with van der Waals surface area (Å²) in [5.41, 5.74) is 1.87. The van der Waals surface area contributed by atoms with Crippen LogP contribution in [0.15, 0.2) is 42.6 Å².